The summed E-state index contributed by atoms with van der Waals surface area (Å²) in [4.78, 5) is 24.0. The first-order chi connectivity index (χ1) is 15.7. The van der Waals surface area contributed by atoms with Crippen LogP contribution < -0.4 is 4.90 Å². The van der Waals surface area contributed by atoms with E-state index in [1.807, 2.05) is 32.0 Å². The van der Waals surface area contributed by atoms with Gasteiger partial charge in [0, 0.05) is 17.6 Å². The molecule has 0 bridgehead atoms. The fourth-order valence-electron chi connectivity index (χ4n) is 3.51. The Balaban J connectivity index is 1.62. The van der Waals surface area contributed by atoms with Gasteiger partial charge in [-0.2, -0.15) is 0 Å². The Morgan fingerprint density at radius 2 is 1.85 bits per heavy atom. The fraction of sp³-hybridized carbons (Fsp3) is 0.208. The lowest BCUT2D eigenvalue weighted by atomic mass is 10.1. The van der Waals surface area contributed by atoms with Crippen LogP contribution >= 0.6 is 22.9 Å². The number of sulfone groups is 1. The van der Waals surface area contributed by atoms with Crippen LogP contribution in [0.15, 0.2) is 65.7 Å². The van der Waals surface area contributed by atoms with Crippen LogP contribution in [0, 0.1) is 13.8 Å². The smallest absolute Gasteiger partial charge is 0.230 e. The second-order valence-corrected chi connectivity index (χ2v) is 11.3. The number of rotatable bonds is 7. The molecular formula is C24H22ClN3O3S2. The number of pyridine rings is 1. The Morgan fingerprint density at radius 3 is 2.55 bits per heavy atom. The average Bonchev–Trinajstić information content (AvgIpc) is 3.21. The summed E-state index contributed by atoms with van der Waals surface area (Å²) >= 11 is 7.28. The third-order valence-corrected chi connectivity index (χ3v) is 8.16. The van der Waals surface area contributed by atoms with Gasteiger partial charge in [-0.15, -0.1) is 0 Å². The molecule has 0 aliphatic heterocycles. The molecule has 0 radical (unpaired) electrons. The molecule has 2 aromatic heterocycles. The van der Waals surface area contributed by atoms with Crippen molar-refractivity contribution in [3.63, 3.8) is 0 Å². The molecule has 1 amide bonds. The van der Waals surface area contributed by atoms with E-state index in [0.29, 0.717) is 15.8 Å². The van der Waals surface area contributed by atoms with E-state index in [2.05, 4.69) is 11.1 Å². The Hall–Kier alpha value is -2.81. The maximum absolute atomic E-state index is 13.3. The number of anilines is 1. The standard InChI is InChI=1S/C24H22ClN3O3S2/c1-16-13-17(2)23-21(14-16)32-24(27-23)28(15-19-5-3-4-11-26-19)22(29)10-12-33(30,31)20-8-6-18(25)7-9-20/h3-9,11,13-14H,10,12,15H2,1-2H3. The number of benzene rings is 2. The van der Waals surface area contributed by atoms with Crippen LogP contribution in [0.3, 0.4) is 0 Å². The van der Waals surface area contributed by atoms with Crippen LogP contribution in [0.4, 0.5) is 5.13 Å². The number of fused-ring (bicyclic) bond motifs is 1. The summed E-state index contributed by atoms with van der Waals surface area (Å²) in [5.41, 5.74) is 3.68. The topological polar surface area (TPSA) is 80.2 Å². The Kier molecular flexibility index (Phi) is 6.78. The summed E-state index contributed by atoms with van der Waals surface area (Å²) in [5, 5.41) is 0.978. The molecule has 0 N–H and O–H groups in total. The van der Waals surface area contributed by atoms with Crippen molar-refractivity contribution in [2.24, 2.45) is 0 Å². The van der Waals surface area contributed by atoms with Gasteiger partial charge >= 0.3 is 0 Å². The molecular weight excluding hydrogens is 478 g/mol. The second-order valence-electron chi connectivity index (χ2n) is 7.75. The molecule has 170 valence electrons. The first-order valence-electron chi connectivity index (χ1n) is 10.3. The van der Waals surface area contributed by atoms with Crippen molar-refractivity contribution in [2.75, 3.05) is 10.7 Å². The summed E-state index contributed by atoms with van der Waals surface area (Å²) in [5.74, 6) is -0.638. The van der Waals surface area contributed by atoms with E-state index in [1.165, 1.54) is 40.5 Å². The molecule has 9 heteroatoms. The highest BCUT2D eigenvalue weighted by Gasteiger charge is 2.24. The van der Waals surface area contributed by atoms with E-state index in [9.17, 15) is 13.2 Å². The summed E-state index contributed by atoms with van der Waals surface area (Å²) < 4.78 is 26.5. The Bertz CT molecular complexity index is 1400. The molecule has 4 aromatic rings. The number of carbonyl (C=O) groups is 1. The van der Waals surface area contributed by atoms with Gasteiger partial charge in [0.05, 0.1) is 33.1 Å². The van der Waals surface area contributed by atoms with Crippen LogP contribution in [0.5, 0.6) is 0 Å². The van der Waals surface area contributed by atoms with E-state index in [0.717, 1.165) is 21.3 Å². The molecule has 0 aliphatic carbocycles. The number of hydrogen-bond donors (Lipinski definition) is 0. The van der Waals surface area contributed by atoms with Gasteiger partial charge in [0.25, 0.3) is 0 Å². The Morgan fingerprint density at radius 1 is 1.09 bits per heavy atom. The number of hydrogen-bond acceptors (Lipinski definition) is 6. The fourth-order valence-corrected chi connectivity index (χ4v) is 6.02. The first kappa shape index (κ1) is 23.4. The first-order valence-corrected chi connectivity index (χ1v) is 13.1. The van der Waals surface area contributed by atoms with E-state index in [-0.39, 0.29) is 29.5 Å². The minimum atomic E-state index is -3.64. The third-order valence-electron chi connectivity index (χ3n) is 5.15. The predicted molar refractivity (Wildman–Crippen MR) is 133 cm³/mol. The summed E-state index contributed by atoms with van der Waals surface area (Å²) in [7, 11) is -3.64. The lowest BCUT2D eigenvalue weighted by Gasteiger charge is -2.19. The van der Waals surface area contributed by atoms with Crippen LogP contribution in [0.1, 0.15) is 23.2 Å². The second kappa shape index (κ2) is 9.59. The molecule has 0 saturated carbocycles. The van der Waals surface area contributed by atoms with Crippen LogP contribution in [0.25, 0.3) is 10.2 Å². The lowest BCUT2D eigenvalue weighted by molar-refractivity contribution is -0.118. The zero-order chi connectivity index (χ0) is 23.6. The zero-order valence-electron chi connectivity index (χ0n) is 18.2. The highest BCUT2D eigenvalue weighted by Crippen LogP contribution is 2.33. The lowest BCUT2D eigenvalue weighted by Crippen LogP contribution is -2.32. The predicted octanol–water partition coefficient (Wildman–Crippen LogP) is 5.36. The number of amides is 1. The van der Waals surface area contributed by atoms with Crippen molar-refractivity contribution in [1.82, 2.24) is 9.97 Å². The van der Waals surface area contributed by atoms with Crippen molar-refractivity contribution in [3.8, 4) is 0 Å². The van der Waals surface area contributed by atoms with E-state index >= 15 is 0 Å². The van der Waals surface area contributed by atoms with E-state index < -0.39 is 9.84 Å². The van der Waals surface area contributed by atoms with Gasteiger partial charge in [0.2, 0.25) is 5.91 Å². The highest BCUT2D eigenvalue weighted by atomic mass is 35.5. The average molecular weight is 500 g/mol. The Labute approximate surface area is 201 Å². The van der Waals surface area contributed by atoms with Gasteiger partial charge < -0.3 is 0 Å². The molecule has 4 rings (SSSR count). The number of aryl methyl sites for hydroxylation is 2. The van der Waals surface area contributed by atoms with Gasteiger partial charge in [-0.3, -0.25) is 14.7 Å². The molecule has 0 spiro atoms. The molecule has 2 aromatic carbocycles. The molecule has 6 nitrogen and oxygen atoms in total. The number of thiazole rings is 1. The largest absolute Gasteiger partial charge is 0.282 e. The number of nitrogens with zero attached hydrogens (tertiary/aromatic N) is 3. The summed E-state index contributed by atoms with van der Waals surface area (Å²) in [6, 6.07) is 15.5. The van der Waals surface area contributed by atoms with Gasteiger partial charge in [-0.05, 0) is 67.4 Å². The summed E-state index contributed by atoms with van der Waals surface area (Å²) in [6.07, 6.45) is 1.49. The maximum atomic E-state index is 13.3. The van der Waals surface area contributed by atoms with Gasteiger partial charge in [0.1, 0.15) is 0 Å². The van der Waals surface area contributed by atoms with Gasteiger partial charge in [-0.25, -0.2) is 13.4 Å². The molecule has 0 unspecified atom stereocenters. The number of halogens is 1. The normalized spacial score (nSPS) is 11.6. The third kappa shape index (κ3) is 5.40. The molecule has 33 heavy (non-hydrogen) atoms. The molecule has 0 saturated heterocycles. The van der Waals surface area contributed by atoms with Crippen molar-refractivity contribution < 1.29 is 13.2 Å². The minimum absolute atomic E-state index is 0.141. The summed E-state index contributed by atoms with van der Waals surface area (Å²) in [6.45, 7) is 4.21. The van der Waals surface area contributed by atoms with Crippen LogP contribution in [-0.4, -0.2) is 30.0 Å². The van der Waals surface area contributed by atoms with Gasteiger partial charge in [0.15, 0.2) is 15.0 Å². The molecule has 0 aliphatic rings. The minimum Gasteiger partial charge on any atom is -0.282 e. The molecule has 0 fully saturated rings. The van der Waals surface area contributed by atoms with Crippen molar-refractivity contribution in [2.45, 2.75) is 31.7 Å². The van der Waals surface area contributed by atoms with Crippen molar-refractivity contribution in [3.05, 3.63) is 82.6 Å². The van der Waals surface area contributed by atoms with Crippen molar-refractivity contribution in [1.29, 1.82) is 0 Å². The monoisotopic (exact) mass is 499 g/mol. The number of aromatic nitrogens is 2. The zero-order valence-corrected chi connectivity index (χ0v) is 20.5. The molecule has 2 heterocycles. The molecule has 0 atom stereocenters. The highest BCUT2D eigenvalue weighted by molar-refractivity contribution is 7.91. The SMILES string of the molecule is Cc1cc(C)c2nc(N(Cc3ccccn3)C(=O)CCS(=O)(=O)c3ccc(Cl)cc3)sc2c1. The van der Waals surface area contributed by atoms with Crippen molar-refractivity contribution >= 4 is 54.0 Å². The van der Waals surface area contributed by atoms with Crippen LogP contribution in [-0.2, 0) is 21.2 Å². The van der Waals surface area contributed by atoms with E-state index in [4.69, 9.17) is 16.6 Å². The van der Waals surface area contributed by atoms with Gasteiger partial charge in [-0.1, -0.05) is 35.1 Å². The maximum Gasteiger partial charge on any atom is 0.230 e. The quantitative estimate of drug-likeness (QED) is 0.342. The van der Waals surface area contributed by atoms with Crippen LogP contribution in [0.2, 0.25) is 5.02 Å². The number of carbonyl (C=O) groups excluding carboxylic acids is 1. The van der Waals surface area contributed by atoms with E-state index in [1.54, 1.807) is 12.3 Å².